The number of rotatable bonds is 5. The summed E-state index contributed by atoms with van der Waals surface area (Å²) in [4.78, 5) is 2.66. The van der Waals surface area contributed by atoms with Crippen molar-refractivity contribution in [3.63, 3.8) is 0 Å². The zero-order chi connectivity index (χ0) is 11.6. The Morgan fingerprint density at radius 1 is 1.18 bits per heavy atom. The quantitative estimate of drug-likeness (QED) is 0.788. The van der Waals surface area contributed by atoms with Crippen LogP contribution >= 0.6 is 0 Å². The molecule has 2 saturated heterocycles. The van der Waals surface area contributed by atoms with E-state index in [0.29, 0.717) is 5.41 Å². The molecule has 17 heavy (non-hydrogen) atoms. The zero-order valence-corrected chi connectivity index (χ0v) is 10.9. The second kappa shape index (κ2) is 5.25. The van der Waals surface area contributed by atoms with Crippen molar-refractivity contribution in [3.05, 3.63) is 0 Å². The van der Waals surface area contributed by atoms with Crippen molar-refractivity contribution in [2.45, 2.75) is 44.6 Å². The highest BCUT2D eigenvalue weighted by Crippen LogP contribution is 2.31. The maximum atomic E-state index is 5.78. The Kier molecular flexibility index (Phi) is 3.69. The van der Waals surface area contributed by atoms with E-state index in [0.717, 1.165) is 19.3 Å². The maximum Gasteiger partial charge on any atom is 0.0546 e. The van der Waals surface area contributed by atoms with Crippen LogP contribution in [0.5, 0.6) is 0 Å². The van der Waals surface area contributed by atoms with Crippen molar-refractivity contribution in [1.82, 2.24) is 10.2 Å². The zero-order valence-electron chi connectivity index (χ0n) is 10.9. The van der Waals surface area contributed by atoms with Gasteiger partial charge in [-0.2, -0.15) is 0 Å². The molecule has 3 fully saturated rings. The van der Waals surface area contributed by atoms with Crippen LogP contribution in [0.3, 0.4) is 0 Å². The summed E-state index contributed by atoms with van der Waals surface area (Å²) in [6.45, 7) is 7.01. The van der Waals surface area contributed by atoms with Gasteiger partial charge in [-0.3, -0.25) is 0 Å². The summed E-state index contributed by atoms with van der Waals surface area (Å²) >= 11 is 0. The van der Waals surface area contributed by atoms with Gasteiger partial charge < -0.3 is 15.0 Å². The predicted molar refractivity (Wildman–Crippen MR) is 69.2 cm³/mol. The molecule has 2 heterocycles. The van der Waals surface area contributed by atoms with Gasteiger partial charge in [0.25, 0.3) is 0 Å². The highest BCUT2D eigenvalue weighted by atomic mass is 16.5. The number of nitrogens with one attached hydrogen (secondary N) is 1. The van der Waals surface area contributed by atoms with Crippen LogP contribution in [0.25, 0.3) is 0 Å². The molecule has 3 rings (SSSR count). The Balaban J connectivity index is 1.56. The van der Waals surface area contributed by atoms with Crippen LogP contribution in [-0.2, 0) is 4.74 Å². The van der Waals surface area contributed by atoms with Crippen LogP contribution in [0.1, 0.15) is 38.5 Å². The average Bonchev–Trinajstić information content (AvgIpc) is 3.06. The number of likely N-dealkylation sites (tertiary alicyclic amines) is 1. The van der Waals surface area contributed by atoms with Gasteiger partial charge in [-0.1, -0.05) is 0 Å². The monoisotopic (exact) mass is 238 g/mol. The summed E-state index contributed by atoms with van der Waals surface area (Å²) in [5.41, 5.74) is 0.408. The molecule has 2 aliphatic heterocycles. The molecule has 0 aromatic carbocycles. The topological polar surface area (TPSA) is 24.5 Å². The number of ether oxygens (including phenoxy) is 1. The minimum Gasteiger partial charge on any atom is -0.381 e. The molecule has 1 atom stereocenters. The van der Waals surface area contributed by atoms with Crippen LogP contribution in [-0.4, -0.2) is 50.3 Å². The van der Waals surface area contributed by atoms with E-state index >= 15 is 0 Å². The fraction of sp³-hybridized carbons (Fsp3) is 1.00. The van der Waals surface area contributed by atoms with Crippen LogP contribution in [0.2, 0.25) is 0 Å². The van der Waals surface area contributed by atoms with Crippen molar-refractivity contribution >= 4 is 0 Å². The van der Waals surface area contributed by atoms with Crippen molar-refractivity contribution in [2.75, 3.05) is 39.4 Å². The first-order valence-corrected chi connectivity index (χ1v) is 7.40. The van der Waals surface area contributed by atoms with Crippen molar-refractivity contribution in [2.24, 2.45) is 5.41 Å². The second-order valence-electron chi connectivity index (χ2n) is 6.29. The van der Waals surface area contributed by atoms with Gasteiger partial charge in [0, 0.05) is 31.2 Å². The Hall–Kier alpha value is -0.120. The second-order valence-corrected chi connectivity index (χ2v) is 6.29. The van der Waals surface area contributed by atoms with Gasteiger partial charge in [0.15, 0.2) is 0 Å². The molecule has 1 N–H and O–H groups in total. The average molecular weight is 238 g/mol. The Bertz CT molecular complexity index is 241. The third kappa shape index (κ3) is 3.21. The number of hydrogen-bond acceptors (Lipinski definition) is 3. The predicted octanol–water partition coefficient (Wildman–Crippen LogP) is 1.63. The molecule has 98 valence electrons. The van der Waals surface area contributed by atoms with Crippen molar-refractivity contribution in [3.8, 4) is 0 Å². The molecule has 3 nitrogen and oxygen atoms in total. The lowest BCUT2D eigenvalue weighted by Crippen LogP contribution is -2.48. The fourth-order valence-corrected chi connectivity index (χ4v) is 3.29. The maximum absolute atomic E-state index is 5.78. The molecule has 0 amide bonds. The third-order valence-electron chi connectivity index (χ3n) is 4.50. The van der Waals surface area contributed by atoms with Gasteiger partial charge in [0.1, 0.15) is 0 Å². The molecule has 0 aromatic heterocycles. The van der Waals surface area contributed by atoms with Crippen LogP contribution < -0.4 is 5.32 Å². The fourth-order valence-electron chi connectivity index (χ4n) is 3.29. The molecule has 0 bridgehead atoms. The van der Waals surface area contributed by atoms with Gasteiger partial charge >= 0.3 is 0 Å². The Morgan fingerprint density at radius 3 is 2.65 bits per heavy atom. The molecular formula is C14H26N2O. The van der Waals surface area contributed by atoms with Crippen LogP contribution in [0, 0.1) is 5.41 Å². The molecule has 3 aliphatic rings. The number of nitrogens with zero attached hydrogens (tertiary/aromatic N) is 1. The van der Waals surface area contributed by atoms with E-state index in [4.69, 9.17) is 4.74 Å². The SMILES string of the molecule is C1CCN(CC2(CNC3CC3)CCCOC2)C1. The Labute approximate surface area is 105 Å². The van der Waals surface area contributed by atoms with E-state index < -0.39 is 0 Å². The molecule has 0 radical (unpaired) electrons. The van der Waals surface area contributed by atoms with E-state index in [2.05, 4.69) is 10.2 Å². The van der Waals surface area contributed by atoms with E-state index in [1.165, 1.54) is 64.7 Å². The lowest BCUT2D eigenvalue weighted by Gasteiger charge is -2.40. The van der Waals surface area contributed by atoms with E-state index in [1.807, 2.05) is 0 Å². The first-order valence-electron chi connectivity index (χ1n) is 7.40. The highest BCUT2D eigenvalue weighted by molar-refractivity contribution is 4.91. The molecule has 1 unspecified atom stereocenters. The smallest absolute Gasteiger partial charge is 0.0546 e. The minimum atomic E-state index is 0.408. The van der Waals surface area contributed by atoms with Gasteiger partial charge in [-0.25, -0.2) is 0 Å². The minimum absolute atomic E-state index is 0.408. The molecule has 1 saturated carbocycles. The summed E-state index contributed by atoms with van der Waals surface area (Å²) in [7, 11) is 0. The Morgan fingerprint density at radius 2 is 2.00 bits per heavy atom. The standard InChI is InChI=1S/C14H26N2O/c1-2-8-16(7-1)11-14(6-3-9-17-12-14)10-15-13-4-5-13/h13,15H,1-12H2. The van der Waals surface area contributed by atoms with E-state index in [-0.39, 0.29) is 0 Å². The van der Waals surface area contributed by atoms with Gasteiger partial charge in [-0.05, 0) is 51.6 Å². The summed E-state index contributed by atoms with van der Waals surface area (Å²) in [6, 6.07) is 0.826. The van der Waals surface area contributed by atoms with Gasteiger partial charge in [0.2, 0.25) is 0 Å². The molecular weight excluding hydrogens is 212 g/mol. The lowest BCUT2D eigenvalue weighted by molar-refractivity contribution is -0.0232. The van der Waals surface area contributed by atoms with Crippen LogP contribution in [0.4, 0.5) is 0 Å². The summed E-state index contributed by atoms with van der Waals surface area (Å²) < 4.78 is 5.78. The highest BCUT2D eigenvalue weighted by Gasteiger charge is 2.36. The largest absolute Gasteiger partial charge is 0.381 e. The molecule has 0 spiro atoms. The molecule has 0 aromatic rings. The normalized spacial score (nSPS) is 35.3. The van der Waals surface area contributed by atoms with E-state index in [9.17, 15) is 0 Å². The lowest BCUT2D eigenvalue weighted by atomic mass is 9.81. The summed E-state index contributed by atoms with van der Waals surface area (Å²) in [6.07, 6.45) is 8.17. The van der Waals surface area contributed by atoms with Crippen molar-refractivity contribution in [1.29, 1.82) is 0 Å². The van der Waals surface area contributed by atoms with Gasteiger partial charge in [-0.15, -0.1) is 0 Å². The first-order chi connectivity index (χ1) is 8.36. The first kappa shape index (κ1) is 11.9. The summed E-state index contributed by atoms with van der Waals surface area (Å²) in [5.74, 6) is 0. The molecule has 3 heteroatoms. The summed E-state index contributed by atoms with van der Waals surface area (Å²) in [5, 5.41) is 3.73. The van der Waals surface area contributed by atoms with Crippen LogP contribution in [0.15, 0.2) is 0 Å². The molecule has 1 aliphatic carbocycles. The van der Waals surface area contributed by atoms with E-state index in [1.54, 1.807) is 0 Å². The van der Waals surface area contributed by atoms with Gasteiger partial charge in [0.05, 0.1) is 6.61 Å². The third-order valence-corrected chi connectivity index (χ3v) is 4.50. The number of hydrogen-bond donors (Lipinski definition) is 1. The van der Waals surface area contributed by atoms with Crippen molar-refractivity contribution < 1.29 is 4.74 Å².